The molecule has 0 rings (SSSR count). The number of nitrogens with one attached hydrogen (secondary N) is 1. The topological polar surface area (TPSA) is 66.4 Å². The minimum Gasteiger partial charge on any atom is -0.481 e. The van der Waals surface area contributed by atoms with Crippen molar-refractivity contribution < 1.29 is 27.9 Å². The van der Waals surface area contributed by atoms with Crippen LogP contribution in [0.5, 0.6) is 0 Å². The Balaban J connectivity index is 4.10. The molecule has 0 aliphatic heterocycles. The van der Waals surface area contributed by atoms with E-state index in [0.717, 1.165) is 0 Å². The molecule has 0 radical (unpaired) electrons. The molecule has 7 heteroatoms. The second kappa shape index (κ2) is 4.99. The molecule has 2 atom stereocenters. The largest absolute Gasteiger partial charge is 0.481 e. The third-order valence-corrected chi connectivity index (χ3v) is 1.76. The van der Waals surface area contributed by atoms with Crippen LogP contribution >= 0.6 is 0 Å². The number of alkyl halides is 3. The lowest BCUT2D eigenvalue weighted by Crippen LogP contribution is -2.42. The first kappa shape index (κ1) is 13.7. The number of halogens is 3. The molecule has 2 unspecified atom stereocenters. The Hall–Kier alpha value is -1.27. The van der Waals surface area contributed by atoms with E-state index in [1.54, 1.807) is 5.32 Å². The molecule has 4 nitrogen and oxygen atoms in total. The molecule has 0 saturated heterocycles. The van der Waals surface area contributed by atoms with Gasteiger partial charge in [0.1, 0.15) is 0 Å². The normalized spacial score (nSPS) is 15.5. The highest BCUT2D eigenvalue weighted by molar-refractivity contribution is 5.82. The van der Waals surface area contributed by atoms with Crippen LogP contribution in [-0.4, -0.2) is 29.2 Å². The van der Waals surface area contributed by atoms with Gasteiger partial charge in [-0.15, -0.1) is 0 Å². The van der Waals surface area contributed by atoms with Crippen LogP contribution in [0.4, 0.5) is 13.2 Å². The van der Waals surface area contributed by atoms with Crippen LogP contribution in [0.15, 0.2) is 0 Å². The summed E-state index contributed by atoms with van der Waals surface area (Å²) in [6, 6.07) is -0.828. The second-order valence-electron chi connectivity index (χ2n) is 3.35. The average Bonchev–Trinajstić information content (AvgIpc) is 2.01. The van der Waals surface area contributed by atoms with Crippen molar-refractivity contribution >= 4 is 11.9 Å². The number of amides is 1. The Labute approximate surface area is 84.5 Å². The minimum absolute atomic E-state index is 0.0445. The number of carboxylic acid groups (broad SMARTS) is 1. The van der Waals surface area contributed by atoms with Crippen molar-refractivity contribution in [3.05, 3.63) is 0 Å². The van der Waals surface area contributed by atoms with Crippen molar-refractivity contribution in [2.24, 2.45) is 5.92 Å². The Morgan fingerprint density at radius 1 is 1.33 bits per heavy atom. The molecule has 0 aromatic carbocycles. The SMILES string of the molecule is CC(CC(C)C(=O)O)NC(=O)C(F)(F)F. The number of rotatable bonds is 4. The molecule has 0 aliphatic rings. The van der Waals surface area contributed by atoms with E-state index in [0.29, 0.717) is 0 Å². The van der Waals surface area contributed by atoms with Gasteiger partial charge in [-0.1, -0.05) is 6.92 Å². The monoisotopic (exact) mass is 227 g/mol. The Kier molecular flexibility index (Phi) is 4.57. The average molecular weight is 227 g/mol. The predicted molar refractivity (Wildman–Crippen MR) is 45.1 cm³/mol. The maximum atomic E-state index is 11.8. The standard InChI is InChI=1S/C8H12F3NO3/c1-4(6(13)14)3-5(2)12-7(15)8(9,10)11/h4-5H,3H2,1-2H3,(H,12,15)(H,13,14). The fraction of sp³-hybridized carbons (Fsp3) is 0.750. The Morgan fingerprint density at radius 3 is 2.13 bits per heavy atom. The molecule has 0 aliphatic carbocycles. The first-order valence-corrected chi connectivity index (χ1v) is 4.25. The molecule has 0 aromatic heterocycles. The van der Waals surface area contributed by atoms with Crippen LogP contribution in [0.25, 0.3) is 0 Å². The van der Waals surface area contributed by atoms with E-state index in [1.807, 2.05) is 0 Å². The lowest BCUT2D eigenvalue weighted by molar-refractivity contribution is -0.174. The number of aliphatic carboxylic acids is 1. The molecule has 0 heterocycles. The van der Waals surface area contributed by atoms with Gasteiger partial charge in [0.25, 0.3) is 0 Å². The predicted octanol–water partition coefficient (Wildman–Crippen LogP) is 1.16. The van der Waals surface area contributed by atoms with Gasteiger partial charge in [0.15, 0.2) is 0 Å². The molecule has 0 spiro atoms. The quantitative estimate of drug-likeness (QED) is 0.757. The number of carbonyl (C=O) groups excluding carboxylic acids is 1. The maximum absolute atomic E-state index is 11.8. The number of carbonyl (C=O) groups is 2. The zero-order valence-electron chi connectivity index (χ0n) is 8.26. The molecule has 88 valence electrons. The van der Waals surface area contributed by atoms with Gasteiger partial charge >= 0.3 is 18.1 Å². The summed E-state index contributed by atoms with van der Waals surface area (Å²) in [4.78, 5) is 20.8. The number of hydrogen-bond acceptors (Lipinski definition) is 2. The van der Waals surface area contributed by atoms with Crippen LogP contribution in [0.3, 0.4) is 0 Å². The molecular formula is C8H12F3NO3. The number of carboxylic acids is 1. The zero-order valence-corrected chi connectivity index (χ0v) is 8.26. The first-order chi connectivity index (χ1) is 6.64. The molecular weight excluding hydrogens is 215 g/mol. The van der Waals surface area contributed by atoms with E-state index in [2.05, 4.69) is 0 Å². The van der Waals surface area contributed by atoms with Crippen molar-refractivity contribution in [2.45, 2.75) is 32.5 Å². The Bertz CT molecular complexity index is 252. The van der Waals surface area contributed by atoms with Gasteiger partial charge in [0, 0.05) is 6.04 Å². The minimum atomic E-state index is -4.93. The van der Waals surface area contributed by atoms with Crippen LogP contribution in [0.1, 0.15) is 20.3 Å². The van der Waals surface area contributed by atoms with E-state index in [1.165, 1.54) is 13.8 Å². The van der Waals surface area contributed by atoms with Gasteiger partial charge in [-0.05, 0) is 13.3 Å². The summed E-state index contributed by atoms with van der Waals surface area (Å²) < 4.78 is 35.3. The van der Waals surface area contributed by atoms with Crippen molar-refractivity contribution in [1.29, 1.82) is 0 Å². The fourth-order valence-corrected chi connectivity index (χ4v) is 0.996. The second-order valence-corrected chi connectivity index (χ2v) is 3.35. The summed E-state index contributed by atoms with van der Waals surface area (Å²) in [5.74, 6) is -3.95. The third-order valence-electron chi connectivity index (χ3n) is 1.76. The van der Waals surface area contributed by atoms with Crippen LogP contribution in [0.2, 0.25) is 0 Å². The molecule has 0 bridgehead atoms. The lowest BCUT2D eigenvalue weighted by Gasteiger charge is -2.16. The molecule has 2 N–H and O–H groups in total. The van der Waals surface area contributed by atoms with Crippen LogP contribution in [-0.2, 0) is 9.59 Å². The smallest absolute Gasteiger partial charge is 0.471 e. The zero-order chi connectivity index (χ0) is 12.2. The van der Waals surface area contributed by atoms with E-state index in [-0.39, 0.29) is 6.42 Å². The molecule has 0 aromatic rings. The van der Waals surface area contributed by atoms with Crippen molar-refractivity contribution in [2.75, 3.05) is 0 Å². The summed E-state index contributed by atoms with van der Waals surface area (Å²) >= 11 is 0. The maximum Gasteiger partial charge on any atom is 0.471 e. The van der Waals surface area contributed by atoms with Crippen LogP contribution < -0.4 is 5.32 Å². The molecule has 1 amide bonds. The van der Waals surface area contributed by atoms with Gasteiger partial charge < -0.3 is 10.4 Å². The summed E-state index contributed by atoms with van der Waals surface area (Å²) in [5, 5.41) is 10.2. The highest BCUT2D eigenvalue weighted by Gasteiger charge is 2.39. The fourth-order valence-electron chi connectivity index (χ4n) is 0.996. The summed E-state index contributed by atoms with van der Waals surface area (Å²) in [5.41, 5.74) is 0. The number of hydrogen-bond donors (Lipinski definition) is 2. The van der Waals surface area contributed by atoms with Crippen LogP contribution in [0, 0.1) is 5.92 Å². The first-order valence-electron chi connectivity index (χ1n) is 4.25. The van der Waals surface area contributed by atoms with Gasteiger partial charge in [-0.2, -0.15) is 13.2 Å². The summed E-state index contributed by atoms with van der Waals surface area (Å²) in [6.45, 7) is 2.68. The van der Waals surface area contributed by atoms with Gasteiger partial charge in [0.2, 0.25) is 0 Å². The van der Waals surface area contributed by atoms with Crippen molar-refractivity contribution in [3.8, 4) is 0 Å². The Morgan fingerprint density at radius 2 is 1.80 bits per heavy atom. The highest BCUT2D eigenvalue weighted by Crippen LogP contribution is 2.15. The molecule has 0 saturated carbocycles. The van der Waals surface area contributed by atoms with Gasteiger partial charge in [0.05, 0.1) is 5.92 Å². The van der Waals surface area contributed by atoms with Gasteiger partial charge in [-0.25, -0.2) is 0 Å². The molecule has 15 heavy (non-hydrogen) atoms. The van der Waals surface area contributed by atoms with Crippen molar-refractivity contribution in [1.82, 2.24) is 5.32 Å². The van der Waals surface area contributed by atoms with E-state index in [4.69, 9.17) is 5.11 Å². The molecule has 0 fully saturated rings. The van der Waals surface area contributed by atoms with Gasteiger partial charge in [-0.3, -0.25) is 9.59 Å². The summed E-state index contributed by atoms with van der Waals surface area (Å²) in [6.07, 6.45) is -4.97. The third kappa shape index (κ3) is 5.24. The van der Waals surface area contributed by atoms with E-state index >= 15 is 0 Å². The van der Waals surface area contributed by atoms with E-state index in [9.17, 15) is 22.8 Å². The lowest BCUT2D eigenvalue weighted by atomic mass is 10.0. The van der Waals surface area contributed by atoms with E-state index < -0.39 is 30.0 Å². The summed E-state index contributed by atoms with van der Waals surface area (Å²) in [7, 11) is 0. The highest BCUT2D eigenvalue weighted by atomic mass is 19.4. The van der Waals surface area contributed by atoms with Crippen molar-refractivity contribution in [3.63, 3.8) is 0 Å².